The minimum Gasteiger partial charge on any atom is -0.481 e. The van der Waals surface area contributed by atoms with Crippen LogP contribution >= 0.6 is 11.3 Å². The molecule has 0 bridgehead atoms. The molecular weight excluding hydrogens is 337 g/mol. The molecule has 2 aromatic rings. The van der Waals surface area contributed by atoms with Crippen LogP contribution < -0.4 is 5.32 Å². The minimum absolute atomic E-state index is 0.202. The summed E-state index contributed by atoms with van der Waals surface area (Å²) in [4.78, 5) is 34.8. The molecular formula is C16H14FNO5S. The average Bonchev–Trinajstić information content (AvgIpc) is 3.01. The van der Waals surface area contributed by atoms with Gasteiger partial charge in [-0.2, -0.15) is 0 Å². The Kier molecular flexibility index (Phi) is 5.64. The number of rotatable bonds is 7. The van der Waals surface area contributed by atoms with E-state index in [-0.39, 0.29) is 23.5 Å². The molecule has 0 saturated heterocycles. The van der Waals surface area contributed by atoms with Crippen LogP contribution in [0.1, 0.15) is 22.5 Å². The van der Waals surface area contributed by atoms with Crippen molar-refractivity contribution in [2.24, 2.45) is 0 Å². The summed E-state index contributed by atoms with van der Waals surface area (Å²) in [5.41, 5.74) is 0.737. The molecule has 126 valence electrons. The topological polar surface area (TPSA) is 104 Å². The first-order chi connectivity index (χ1) is 11.4. The third kappa shape index (κ3) is 4.63. The van der Waals surface area contributed by atoms with Crippen molar-refractivity contribution in [2.75, 3.05) is 0 Å². The van der Waals surface area contributed by atoms with Crippen molar-refractivity contribution in [1.82, 2.24) is 5.32 Å². The Morgan fingerprint density at radius 1 is 1.08 bits per heavy atom. The zero-order valence-electron chi connectivity index (χ0n) is 12.4. The maximum Gasteiger partial charge on any atom is 0.326 e. The molecule has 0 aliphatic carbocycles. The summed E-state index contributed by atoms with van der Waals surface area (Å²) < 4.78 is 12.9. The van der Waals surface area contributed by atoms with Gasteiger partial charge in [-0.05, 0) is 36.2 Å². The number of carbonyl (C=O) groups is 3. The Balaban J connectivity index is 2.08. The average molecular weight is 351 g/mol. The molecule has 1 aromatic heterocycles. The Labute approximate surface area is 140 Å². The summed E-state index contributed by atoms with van der Waals surface area (Å²) in [6.45, 7) is 0. The molecule has 1 aromatic carbocycles. The first-order valence-corrected chi connectivity index (χ1v) is 7.79. The molecule has 0 saturated carbocycles. The van der Waals surface area contributed by atoms with Crippen LogP contribution in [-0.2, 0) is 9.59 Å². The lowest BCUT2D eigenvalue weighted by atomic mass is 10.1. The molecule has 24 heavy (non-hydrogen) atoms. The summed E-state index contributed by atoms with van der Waals surface area (Å²) in [5, 5.41) is 20.0. The SMILES string of the molecule is O=C(O)CC[C@@H](NC(=O)c1ccc(-c2ccc(F)cc2)s1)C(=O)O. The number of halogens is 1. The second kappa shape index (κ2) is 7.69. The van der Waals surface area contributed by atoms with Crippen molar-refractivity contribution in [1.29, 1.82) is 0 Å². The van der Waals surface area contributed by atoms with Crippen LogP contribution in [-0.4, -0.2) is 34.1 Å². The van der Waals surface area contributed by atoms with Gasteiger partial charge in [-0.3, -0.25) is 9.59 Å². The fourth-order valence-electron chi connectivity index (χ4n) is 1.98. The second-order valence-electron chi connectivity index (χ2n) is 4.97. The van der Waals surface area contributed by atoms with E-state index in [1.54, 1.807) is 18.2 Å². The van der Waals surface area contributed by atoms with Gasteiger partial charge in [-0.1, -0.05) is 12.1 Å². The van der Waals surface area contributed by atoms with Gasteiger partial charge in [0.25, 0.3) is 5.91 Å². The van der Waals surface area contributed by atoms with Gasteiger partial charge in [0.05, 0.1) is 4.88 Å². The third-order valence-electron chi connectivity index (χ3n) is 3.21. The van der Waals surface area contributed by atoms with Crippen LogP contribution in [0.2, 0.25) is 0 Å². The molecule has 0 aliphatic heterocycles. The van der Waals surface area contributed by atoms with E-state index in [9.17, 15) is 18.8 Å². The van der Waals surface area contributed by atoms with E-state index < -0.39 is 23.9 Å². The van der Waals surface area contributed by atoms with E-state index in [0.29, 0.717) is 0 Å². The molecule has 1 heterocycles. The first-order valence-electron chi connectivity index (χ1n) is 6.98. The number of nitrogens with one attached hydrogen (secondary N) is 1. The Hall–Kier alpha value is -2.74. The van der Waals surface area contributed by atoms with E-state index in [1.165, 1.54) is 18.2 Å². The minimum atomic E-state index is -1.29. The number of hydrogen-bond acceptors (Lipinski definition) is 4. The molecule has 6 nitrogen and oxygen atoms in total. The van der Waals surface area contributed by atoms with Crippen LogP contribution in [0.4, 0.5) is 4.39 Å². The Morgan fingerprint density at radius 2 is 1.75 bits per heavy atom. The van der Waals surface area contributed by atoms with Crippen LogP contribution in [0, 0.1) is 5.82 Å². The Morgan fingerprint density at radius 3 is 2.33 bits per heavy atom. The summed E-state index contributed by atoms with van der Waals surface area (Å²) in [7, 11) is 0. The highest BCUT2D eigenvalue weighted by Crippen LogP contribution is 2.28. The fraction of sp³-hybridized carbons (Fsp3) is 0.188. The van der Waals surface area contributed by atoms with Gasteiger partial charge in [-0.15, -0.1) is 11.3 Å². The van der Waals surface area contributed by atoms with E-state index >= 15 is 0 Å². The van der Waals surface area contributed by atoms with E-state index in [1.807, 2.05) is 0 Å². The summed E-state index contributed by atoms with van der Waals surface area (Å²) in [6, 6.07) is 7.72. The molecule has 0 aliphatic rings. The van der Waals surface area contributed by atoms with E-state index in [0.717, 1.165) is 21.8 Å². The smallest absolute Gasteiger partial charge is 0.326 e. The van der Waals surface area contributed by atoms with Gasteiger partial charge < -0.3 is 15.5 Å². The van der Waals surface area contributed by atoms with Gasteiger partial charge in [0, 0.05) is 11.3 Å². The maximum absolute atomic E-state index is 12.9. The van der Waals surface area contributed by atoms with Crippen LogP contribution in [0.25, 0.3) is 10.4 Å². The molecule has 2 rings (SSSR count). The molecule has 1 atom stereocenters. The van der Waals surface area contributed by atoms with Crippen molar-refractivity contribution in [2.45, 2.75) is 18.9 Å². The lowest BCUT2D eigenvalue weighted by molar-refractivity contribution is -0.140. The molecule has 8 heteroatoms. The molecule has 0 spiro atoms. The summed E-state index contributed by atoms with van der Waals surface area (Å²) in [5.74, 6) is -3.38. The number of aliphatic carboxylic acids is 2. The van der Waals surface area contributed by atoms with Gasteiger partial charge in [-0.25, -0.2) is 9.18 Å². The highest BCUT2D eigenvalue weighted by atomic mass is 32.1. The lowest BCUT2D eigenvalue weighted by Gasteiger charge is -2.12. The second-order valence-corrected chi connectivity index (χ2v) is 6.05. The van der Waals surface area contributed by atoms with Crippen molar-refractivity contribution < 1.29 is 29.0 Å². The number of benzene rings is 1. The van der Waals surface area contributed by atoms with Crippen molar-refractivity contribution in [3.8, 4) is 10.4 Å². The highest BCUT2D eigenvalue weighted by molar-refractivity contribution is 7.17. The van der Waals surface area contributed by atoms with E-state index in [4.69, 9.17) is 10.2 Å². The van der Waals surface area contributed by atoms with E-state index in [2.05, 4.69) is 5.32 Å². The molecule has 1 amide bonds. The molecule has 3 N–H and O–H groups in total. The standard InChI is InChI=1S/C16H14FNO5S/c17-10-3-1-9(2-4-10)12-6-7-13(24-12)15(21)18-11(16(22)23)5-8-14(19)20/h1-4,6-7,11H,5,8H2,(H,18,21)(H,19,20)(H,22,23)/t11-/m1/s1. The van der Waals surface area contributed by atoms with Gasteiger partial charge in [0.1, 0.15) is 11.9 Å². The number of amides is 1. The van der Waals surface area contributed by atoms with Gasteiger partial charge >= 0.3 is 11.9 Å². The zero-order valence-corrected chi connectivity index (χ0v) is 13.2. The maximum atomic E-state index is 12.9. The van der Waals surface area contributed by atoms with Crippen LogP contribution in [0.3, 0.4) is 0 Å². The van der Waals surface area contributed by atoms with Gasteiger partial charge in [0.15, 0.2) is 0 Å². The van der Waals surface area contributed by atoms with Crippen molar-refractivity contribution in [3.05, 3.63) is 47.1 Å². The van der Waals surface area contributed by atoms with Crippen LogP contribution in [0.5, 0.6) is 0 Å². The number of carbonyl (C=O) groups excluding carboxylic acids is 1. The quantitative estimate of drug-likeness (QED) is 0.711. The number of carboxylic acid groups (broad SMARTS) is 2. The molecule has 0 fully saturated rings. The molecule has 0 radical (unpaired) electrons. The Bertz CT molecular complexity index is 756. The summed E-state index contributed by atoms with van der Waals surface area (Å²) in [6.07, 6.45) is -0.560. The first kappa shape index (κ1) is 17.6. The highest BCUT2D eigenvalue weighted by Gasteiger charge is 2.22. The predicted octanol–water partition coefficient (Wildman–Crippen LogP) is 2.60. The number of carboxylic acids is 2. The third-order valence-corrected chi connectivity index (χ3v) is 4.34. The van der Waals surface area contributed by atoms with Crippen LogP contribution in [0.15, 0.2) is 36.4 Å². The normalized spacial score (nSPS) is 11.7. The van der Waals surface area contributed by atoms with Gasteiger partial charge in [0.2, 0.25) is 0 Å². The lowest BCUT2D eigenvalue weighted by Crippen LogP contribution is -2.40. The number of hydrogen-bond donors (Lipinski definition) is 3. The zero-order chi connectivity index (χ0) is 17.7. The summed E-state index contributed by atoms with van der Waals surface area (Å²) >= 11 is 1.13. The monoisotopic (exact) mass is 351 g/mol. The van der Waals surface area contributed by atoms with Crippen molar-refractivity contribution in [3.63, 3.8) is 0 Å². The predicted molar refractivity (Wildman–Crippen MR) is 85.5 cm³/mol. The largest absolute Gasteiger partial charge is 0.481 e. The fourth-order valence-corrected chi connectivity index (χ4v) is 2.90. The van der Waals surface area contributed by atoms with Crippen molar-refractivity contribution >= 4 is 29.2 Å². The molecule has 0 unspecified atom stereocenters. The number of thiophene rings is 1.